The molecule has 3 N–H and O–H groups in total. The molecule has 0 heterocycles. The third-order valence-corrected chi connectivity index (χ3v) is 2.59. The molecule has 2 atom stereocenters. The van der Waals surface area contributed by atoms with Crippen molar-refractivity contribution < 1.29 is 37.5 Å². The molecule has 0 aliphatic rings. The van der Waals surface area contributed by atoms with Crippen molar-refractivity contribution in [2.75, 3.05) is 13.6 Å². The number of aliphatic hydroxyl groups excluding tert-OH is 1. The second-order valence-electron chi connectivity index (χ2n) is 5.89. The normalized spacial score (nSPS) is 14.5. The molecule has 2 unspecified atom stereocenters. The Morgan fingerprint density at radius 1 is 1.29 bits per heavy atom. The number of likely N-dealkylation sites (N-methyl/N-ethyl adjacent to an activating group) is 1. The Kier molecular flexibility index (Phi) is 8.14. The van der Waals surface area contributed by atoms with Gasteiger partial charge in [0.05, 0.1) is 18.6 Å². The van der Waals surface area contributed by atoms with Crippen molar-refractivity contribution in [2.24, 2.45) is 0 Å². The number of amides is 3. The number of hydrogen-bond acceptors (Lipinski definition) is 5. The minimum absolute atomic E-state index is 0.0447. The lowest BCUT2D eigenvalue weighted by Crippen LogP contribution is -2.54. The van der Waals surface area contributed by atoms with Gasteiger partial charge in [-0.2, -0.15) is 13.2 Å². The van der Waals surface area contributed by atoms with Crippen LogP contribution in [0.25, 0.3) is 0 Å². The van der Waals surface area contributed by atoms with Crippen molar-refractivity contribution in [3.8, 4) is 0 Å². The number of nitrogens with zero attached hydrogens (tertiary/aromatic N) is 1. The van der Waals surface area contributed by atoms with Gasteiger partial charge in [0.25, 0.3) is 5.91 Å². The number of halogens is 3. The summed E-state index contributed by atoms with van der Waals surface area (Å²) in [6, 6.07) is -2.01. The summed E-state index contributed by atoms with van der Waals surface area (Å²) in [5.74, 6) is -1.85. The van der Waals surface area contributed by atoms with Gasteiger partial charge in [-0.25, -0.2) is 5.06 Å². The van der Waals surface area contributed by atoms with Crippen LogP contribution in [-0.4, -0.2) is 65.9 Å². The molecule has 0 bridgehead atoms. The molecule has 140 valence electrons. The maximum atomic E-state index is 12.7. The molecule has 11 heteroatoms. The molecule has 0 rings (SSSR count). The van der Waals surface area contributed by atoms with Crippen LogP contribution in [0.5, 0.6) is 0 Å². The Balaban J connectivity index is 5.26. The van der Waals surface area contributed by atoms with Crippen LogP contribution >= 0.6 is 0 Å². The predicted octanol–water partition coefficient (Wildman–Crippen LogP) is -0.281. The minimum Gasteiger partial charge on any atom is -0.381 e. The molecule has 0 fully saturated rings. The van der Waals surface area contributed by atoms with Gasteiger partial charge in [-0.15, -0.1) is 0 Å². The number of rotatable bonds is 8. The molecule has 8 nitrogen and oxygen atoms in total. The van der Waals surface area contributed by atoms with Gasteiger partial charge in [0.1, 0.15) is 6.04 Å². The predicted molar refractivity (Wildman–Crippen MR) is 76.3 cm³/mol. The van der Waals surface area contributed by atoms with Gasteiger partial charge in [-0.3, -0.25) is 19.2 Å². The number of alkyl halides is 3. The Morgan fingerprint density at radius 2 is 1.83 bits per heavy atom. The van der Waals surface area contributed by atoms with E-state index >= 15 is 0 Å². The molecule has 0 aromatic rings. The summed E-state index contributed by atoms with van der Waals surface area (Å²) in [6.07, 6.45) is -8.73. The smallest absolute Gasteiger partial charge is 0.381 e. The number of hydrogen-bond donors (Lipinski definition) is 3. The van der Waals surface area contributed by atoms with Crippen LogP contribution < -0.4 is 10.6 Å². The summed E-state index contributed by atoms with van der Waals surface area (Å²) >= 11 is 0. The zero-order valence-corrected chi connectivity index (χ0v) is 13.8. The van der Waals surface area contributed by atoms with E-state index in [0.717, 1.165) is 0 Å². The average molecular weight is 357 g/mol. The Hall–Kier alpha value is -1.88. The minimum atomic E-state index is -4.77. The summed E-state index contributed by atoms with van der Waals surface area (Å²) in [5, 5.41) is 14.3. The quantitative estimate of drug-likeness (QED) is 0.409. The lowest BCUT2D eigenvalue weighted by Gasteiger charge is -2.35. The molecule has 0 spiro atoms. The summed E-state index contributed by atoms with van der Waals surface area (Å²) < 4.78 is 38.2. The lowest BCUT2D eigenvalue weighted by molar-refractivity contribution is -0.257. The van der Waals surface area contributed by atoms with E-state index < -0.39 is 48.7 Å². The fourth-order valence-corrected chi connectivity index (χ4v) is 1.60. The van der Waals surface area contributed by atoms with Gasteiger partial charge < -0.3 is 15.7 Å². The van der Waals surface area contributed by atoms with Crippen molar-refractivity contribution in [3.63, 3.8) is 0 Å². The van der Waals surface area contributed by atoms with Gasteiger partial charge >= 0.3 is 6.18 Å². The number of aliphatic hydroxyl groups is 1. The van der Waals surface area contributed by atoms with E-state index in [1.54, 1.807) is 0 Å². The van der Waals surface area contributed by atoms with E-state index in [0.29, 0.717) is 0 Å². The summed E-state index contributed by atoms with van der Waals surface area (Å²) in [7, 11) is 1.29. The van der Waals surface area contributed by atoms with Crippen molar-refractivity contribution in [1.82, 2.24) is 15.7 Å². The van der Waals surface area contributed by atoms with Crippen LogP contribution in [-0.2, 0) is 19.2 Å². The van der Waals surface area contributed by atoms with Gasteiger partial charge in [-0.1, -0.05) is 0 Å². The van der Waals surface area contributed by atoms with E-state index in [1.165, 1.54) is 27.8 Å². The van der Waals surface area contributed by atoms with E-state index in [4.69, 9.17) is 4.84 Å². The van der Waals surface area contributed by atoms with Crippen LogP contribution in [0.15, 0.2) is 0 Å². The molecule has 0 saturated heterocycles. The zero-order valence-electron chi connectivity index (χ0n) is 13.8. The number of hydroxylamine groups is 2. The molecule has 24 heavy (non-hydrogen) atoms. The molecule has 0 aliphatic heterocycles. The SMILES string of the molecule is CNC(=O)CNC(=O)C(O)C(CC(F)(F)F)N(C=O)OC(C)(C)C. The molecule has 0 aromatic heterocycles. The maximum Gasteiger partial charge on any atom is 0.391 e. The van der Waals surface area contributed by atoms with Crippen molar-refractivity contribution in [1.29, 1.82) is 0 Å². The van der Waals surface area contributed by atoms with Crippen molar-refractivity contribution in [3.05, 3.63) is 0 Å². The highest BCUT2D eigenvalue weighted by molar-refractivity contribution is 5.87. The van der Waals surface area contributed by atoms with Gasteiger partial charge in [0, 0.05) is 7.05 Å². The van der Waals surface area contributed by atoms with E-state index in [2.05, 4.69) is 5.32 Å². The first kappa shape index (κ1) is 22.1. The Morgan fingerprint density at radius 3 is 2.21 bits per heavy atom. The largest absolute Gasteiger partial charge is 0.391 e. The maximum absolute atomic E-state index is 12.7. The lowest BCUT2D eigenvalue weighted by atomic mass is 10.1. The van der Waals surface area contributed by atoms with Gasteiger partial charge in [0.15, 0.2) is 6.10 Å². The highest BCUT2D eigenvalue weighted by Crippen LogP contribution is 2.27. The van der Waals surface area contributed by atoms with E-state index in [-0.39, 0.29) is 11.5 Å². The van der Waals surface area contributed by atoms with Crippen LogP contribution in [0, 0.1) is 0 Å². The Bertz CT molecular complexity index is 451. The fourth-order valence-electron chi connectivity index (χ4n) is 1.60. The summed E-state index contributed by atoms with van der Waals surface area (Å²) in [5.41, 5.74) is -1.04. The van der Waals surface area contributed by atoms with Crippen molar-refractivity contribution >= 4 is 18.2 Å². The van der Waals surface area contributed by atoms with E-state index in [1.807, 2.05) is 5.32 Å². The molecular formula is C13H22F3N3O5. The first-order chi connectivity index (χ1) is 10.8. The zero-order chi connectivity index (χ0) is 19.1. The van der Waals surface area contributed by atoms with Gasteiger partial charge in [-0.05, 0) is 20.8 Å². The molecule has 0 radical (unpaired) electrons. The third kappa shape index (κ3) is 8.67. The van der Waals surface area contributed by atoms with Gasteiger partial charge in [0.2, 0.25) is 12.3 Å². The number of nitrogens with one attached hydrogen (secondary N) is 2. The summed E-state index contributed by atoms with van der Waals surface area (Å²) in [6.45, 7) is 3.90. The summed E-state index contributed by atoms with van der Waals surface area (Å²) in [4.78, 5) is 38.9. The monoisotopic (exact) mass is 357 g/mol. The van der Waals surface area contributed by atoms with Crippen LogP contribution in [0.1, 0.15) is 27.2 Å². The first-order valence-corrected chi connectivity index (χ1v) is 6.96. The third-order valence-electron chi connectivity index (χ3n) is 2.59. The molecule has 3 amide bonds. The molecular weight excluding hydrogens is 335 g/mol. The molecule has 0 aliphatic carbocycles. The van der Waals surface area contributed by atoms with Crippen LogP contribution in [0.2, 0.25) is 0 Å². The molecule has 0 saturated carbocycles. The average Bonchev–Trinajstić information content (AvgIpc) is 2.44. The standard InChI is InChI=1S/C13H22F3N3O5/c1-12(2,3)24-19(7-20)8(5-13(14,15)16)10(22)11(23)18-6-9(21)17-4/h7-8,10,22H,5-6H2,1-4H3,(H,17,21)(H,18,23). The Labute approximate surface area is 137 Å². The second kappa shape index (κ2) is 8.83. The van der Waals surface area contributed by atoms with Crippen LogP contribution in [0.3, 0.4) is 0 Å². The number of carbonyl (C=O) groups is 3. The first-order valence-electron chi connectivity index (χ1n) is 6.96. The van der Waals surface area contributed by atoms with Crippen molar-refractivity contribution in [2.45, 2.75) is 51.1 Å². The second-order valence-corrected chi connectivity index (χ2v) is 5.89. The fraction of sp³-hybridized carbons (Fsp3) is 0.769. The van der Waals surface area contributed by atoms with Crippen LogP contribution in [0.4, 0.5) is 13.2 Å². The highest BCUT2D eigenvalue weighted by atomic mass is 19.4. The highest BCUT2D eigenvalue weighted by Gasteiger charge is 2.42. The topological polar surface area (TPSA) is 108 Å². The number of carbonyl (C=O) groups excluding carboxylic acids is 3. The molecule has 0 aromatic carbocycles. The van der Waals surface area contributed by atoms with E-state index in [9.17, 15) is 32.7 Å².